The van der Waals surface area contributed by atoms with Crippen LogP contribution in [0.2, 0.25) is 0 Å². The van der Waals surface area contributed by atoms with E-state index in [-0.39, 0.29) is 30.6 Å². The summed E-state index contributed by atoms with van der Waals surface area (Å²) in [5, 5.41) is 6.63. The van der Waals surface area contributed by atoms with Crippen LogP contribution < -0.4 is 5.32 Å². The zero-order valence-electron chi connectivity index (χ0n) is 9.05. The summed E-state index contributed by atoms with van der Waals surface area (Å²) in [5.74, 6) is 0.0849. The van der Waals surface area contributed by atoms with Gasteiger partial charge in [-0.05, 0) is 32.2 Å². The lowest BCUT2D eigenvalue weighted by Gasteiger charge is -2.14. The zero-order valence-corrected chi connectivity index (χ0v) is 9.05. The first kappa shape index (κ1) is 11.0. The number of halogens is 3. The molecule has 2 fully saturated rings. The van der Waals surface area contributed by atoms with Crippen LogP contribution in [0.1, 0.15) is 43.4 Å². The van der Waals surface area contributed by atoms with Crippen molar-refractivity contribution < 1.29 is 17.7 Å². The van der Waals surface area contributed by atoms with E-state index in [1.807, 2.05) is 0 Å². The van der Waals surface area contributed by atoms with Crippen LogP contribution in [0, 0.1) is 0 Å². The molecule has 1 saturated heterocycles. The molecule has 2 aliphatic rings. The van der Waals surface area contributed by atoms with Crippen LogP contribution in [-0.2, 0) is 5.41 Å². The van der Waals surface area contributed by atoms with Gasteiger partial charge in [0.25, 0.3) is 0 Å². The van der Waals surface area contributed by atoms with E-state index in [0.29, 0.717) is 0 Å². The van der Waals surface area contributed by atoms with Crippen LogP contribution in [0.25, 0.3) is 0 Å². The monoisotopic (exact) mass is 247 g/mol. The summed E-state index contributed by atoms with van der Waals surface area (Å²) in [7, 11) is 0. The average molecular weight is 247 g/mol. The van der Waals surface area contributed by atoms with Gasteiger partial charge >= 0.3 is 6.18 Å². The Hall–Kier alpha value is -1.11. The molecule has 3 rings (SSSR count). The third-order valence-electron chi connectivity index (χ3n) is 3.52. The minimum Gasteiger partial charge on any atom is -0.338 e. The van der Waals surface area contributed by atoms with Crippen LogP contribution in [0.4, 0.5) is 13.2 Å². The minimum atomic E-state index is -4.28. The molecule has 7 heteroatoms. The summed E-state index contributed by atoms with van der Waals surface area (Å²) in [6.45, 7) is 0.840. The molecule has 94 valence electrons. The fraction of sp³-hybridized carbons (Fsp3) is 0.800. The molecule has 17 heavy (non-hydrogen) atoms. The largest absolute Gasteiger partial charge is 0.401 e. The van der Waals surface area contributed by atoms with E-state index in [1.165, 1.54) is 0 Å². The van der Waals surface area contributed by atoms with Crippen molar-refractivity contribution in [1.82, 2.24) is 15.5 Å². The van der Waals surface area contributed by atoms with E-state index in [1.54, 1.807) is 0 Å². The molecule has 2 heterocycles. The summed E-state index contributed by atoms with van der Waals surface area (Å²) >= 11 is 0. The van der Waals surface area contributed by atoms with Gasteiger partial charge in [-0.2, -0.15) is 18.2 Å². The lowest BCUT2D eigenvalue weighted by atomic mass is 10.1. The van der Waals surface area contributed by atoms with Crippen molar-refractivity contribution in [2.75, 3.05) is 6.54 Å². The predicted molar refractivity (Wildman–Crippen MR) is 51.2 cm³/mol. The summed E-state index contributed by atoms with van der Waals surface area (Å²) in [5.41, 5.74) is -1.84. The number of aromatic nitrogens is 2. The average Bonchev–Trinajstić information content (AvgIpc) is 2.76. The normalized spacial score (nSPS) is 27.4. The van der Waals surface area contributed by atoms with Gasteiger partial charge in [-0.25, -0.2) is 0 Å². The minimum absolute atomic E-state index is 0.0631. The smallest absolute Gasteiger partial charge is 0.338 e. The van der Waals surface area contributed by atoms with Gasteiger partial charge in [0, 0.05) is 0 Å². The van der Waals surface area contributed by atoms with Crippen molar-refractivity contribution in [2.45, 2.75) is 43.3 Å². The third kappa shape index (κ3) is 1.64. The maximum Gasteiger partial charge on any atom is 0.401 e. The fourth-order valence-corrected chi connectivity index (χ4v) is 2.23. The van der Waals surface area contributed by atoms with Crippen LogP contribution in [-0.4, -0.2) is 22.9 Å². The predicted octanol–water partition coefficient (Wildman–Crippen LogP) is 2.09. The summed E-state index contributed by atoms with van der Waals surface area (Å²) in [6.07, 6.45) is -2.34. The summed E-state index contributed by atoms with van der Waals surface area (Å²) in [4.78, 5) is 3.93. The molecule has 0 unspecified atom stereocenters. The van der Waals surface area contributed by atoms with Crippen LogP contribution in [0.15, 0.2) is 4.52 Å². The molecule has 1 aliphatic carbocycles. The number of nitrogens with zero attached hydrogens (tertiary/aromatic N) is 2. The Balaban J connectivity index is 1.85. The van der Waals surface area contributed by atoms with Crippen LogP contribution in [0.3, 0.4) is 0 Å². The van der Waals surface area contributed by atoms with Gasteiger partial charge in [0.2, 0.25) is 5.89 Å². The van der Waals surface area contributed by atoms with Gasteiger partial charge in [-0.1, -0.05) is 5.16 Å². The topological polar surface area (TPSA) is 51.0 Å². The number of hydrogen-bond donors (Lipinski definition) is 1. The lowest BCUT2D eigenvalue weighted by Crippen LogP contribution is -2.29. The number of rotatable bonds is 2. The van der Waals surface area contributed by atoms with Gasteiger partial charge in [-0.3, -0.25) is 0 Å². The van der Waals surface area contributed by atoms with Gasteiger partial charge in [0.1, 0.15) is 5.41 Å². The first-order chi connectivity index (χ1) is 8.03. The van der Waals surface area contributed by atoms with Crippen molar-refractivity contribution in [1.29, 1.82) is 0 Å². The molecule has 4 nitrogen and oxygen atoms in total. The molecular weight excluding hydrogens is 235 g/mol. The van der Waals surface area contributed by atoms with Gasteiger partial charge in [0.05, 0.1) is 6.04 Å². The molecule has 0 bridgehead atoms. The summed E-state index contributed by atoms with van der Waals surface area (Å²) in [6, 6.07) is -0.0831. The standard InChI is InChI=1S/C10H12F3N3O/c11-10(12,13)9(3-4-9)8-15-7(17-16-8)6-2-1-5-14-6/h6,14H,1-5H2/t6-/m0/s1. The first-order valence-corrected chi connectivity index (χ1v) is 5.67. The molecule has 0 radical (unpaired) electrons. The molecule has 0 amide bonds. The van der Waals surface area contributed by atoms with E-state index < -0.39 is 11.6 Å². The lowest BCUT2D eigenvalue weighted by molar-refractivity contribution is -0.162. The molecule has 1 atom stereocenters. The Kier molecular flexibility index (Phi) is 2.23. The van der Waals surface area contributed by atoms with Crippen molar-refractivity contribution in [3.8, 4) is 0 Å². The van der Waals surface area contributed by atoms with Gasteiger partial charge in [0.15, 0.2) is 5.82 Å². The molecule has 0 spiro atoms. The highest BCUT2D eigenvalue weighted by molar-refractivity contribution is 5.21. The Morgan fingerprint density at radius 1 is 1.35 bits per heavy atom. The maximum absolute atomic E-state index is 12.8. The molecule has 0 aromatic carbocycles. The Morgan fingerprint density at radius 2 is 2.12 bits per heavy atom. The van der Waals surface area contributed by atoms with Crippen LogP contribution in [0.5, 0.6) is 0 Å². The second-order valence-corrected chi connectivity index (χ2v) is 4.69. The maximum atomic E-state index is 12.8. The molecule has 1 N–H and O–H groups in total. The van der Waals surface area contributed by atoms with Crippen molar-refractivity contribution in [3.05, 3.63) is 11.7 Å². The highest BCUT2D eigenvalue weighted by Crippen LogP contribution is 2.57. The molecule has 1 aromatic heterocycles. The SMILES string of the molecule is FC(F)(F)C1(c2noc([C@@H]3CCCN3)n2)CC1. The quantitative estimate of drug-likeness (QED) is 0.869. The van der Waals surface area contributed by atoms with E-state index in [2.05, 4.69) is 15.5 Å². The Bertz CT molecular complexity index is 419. The molecular formula is C10H12F3N3O. The molecule has 1 saturated carbocycles. The second kappa shape index (κ2) is 3.44. The molecule has 1 aromatic rings. The highest BCUT2D eigenvalue weighted by atomic mass is 19.4. The summed E-state index contributed by atoms with van der Waals surface area (Å²) < 4.78 is 43.4. The van der Waals surface area contributed by atoms with Crippen LogP contribution >= 0.6 is 0 Å². The molecule has 1 aliphatic heterocycles. The van der Waals surface area contributed by atoms with Crippen molar-refractivity contribution >= 4 is 0 Å². The highest BCUT2D eigenvalue weighted by Gasteiger charge is 2.67. The van der Waals surface area contributed by atoms with Gasteiger partial charge in [-0.15, -0.1) is 0 Å². The van der Waals surface area contributed by atoms with E-state index in [4.69, 9.17) is 4.52 Å². The van der Waals surface area contributed by atoms with Crippen molar-refractivity contribution in [2.24, 2.45) is 0 Å². The van der Waals surface area contributed by atoms with E-state index in [9.17, 15) is 13.2 Å². The fourth-order valence-electron chi connectivity index (χ4n) is 2.23. The number of nitrogens with one attached hydrogen (secondary N) is 1. The van der Waals surface area contributed by atoms with Crippen molar-refractivity contribution in [3.63, 3.8) is 0 Å². The third-order valence-corrected chi connectivity index (χ3v) is 3.52. The van der Waals surface area contributed by atoms with E-state index >= 15 is 0 Å². The number of alkyl halides is 3. The van der Waals surface area contributed by atoms with E-state index in [0.717, 1.165) is 19.4 Å². The zero-order chi connectivity index (χ0) is 12.1. The number of hydrogen-bond acceptors (Lipinski definition) is 4. The first-order valence-electron chi connectivity index (χ1n) is 5.67. The Labute approximate surface area is 95.6 Å². The van der Waals surface area contributed by atoms with Gasteiger partial charge < -0.3 is 9.84 Å². The second-order valence-electron chi connectivity index (χ2n) is 4.69. The Morgan fingerprint density at radius 3 is 2.65 bits per heavy atom.